The molecule has 0 aliphatic carbocycles. The van der Waals surface area contributed by atoms with E-state index in [0.717, 1.165) is 21.6 Å². The van der Waals surface area contributed by atoms with Crippen LogP contribution < -0.4 is 15.0 Å². The number of hydrogen-bond acceptors (Lipinski definition) is 7. The van der Waals surface area contributed by atoms with Gasteiger partial charge in [0.25, 0.3) is 11.8 Å². The van der Waals surface area contributed by atoms with E-state index in [1.54, 1.807) is 60.7 Å². The number of carboxylic acid groups (broad SMARTS) is 1. The number of nitrogens with zero attached hydrogens (tertiary/aromatic N) is 2. The first kappa shape index (κ1) is 28.1. The summed E-state index contributed by atoms with van der Waals surface area (Å²) in [4.78, 5) is 51.9. The minimum Gasteiger partial charge on any atom is -0.480 e. The maximum absolute atomic E-state index is 13.4. The molecule has 5 rings (SSSR count). The number of ether oxygens (including phenoxy) is 1. The number of rotatable bonds is 7. The van der Waals surface area contributed by atoms with Crippen LogP contribution in [0.5, 0.6) is 11.5 Å². The number of urea groups is 1. The smallest absolute Gasteiger partial charge is 0.330 e. The quantitative estimate of drug-likeness (QED) is 0.158. The summed E-state index contributed by atoms with van der Waals surface area (Å²) in [5, 5.41) is 11.6. The fourth-order valence-corrected chi connectivity index (χ4v) is 5.53. The van der Waals surface area contributed by atoms with Gasteiger partial charge in [0.15, 0.2) is 0 Å². The van der Waals surface area contributed by atoms with Gasteiger partial charge in [-0.05, 0) is 59.7 Å². The Bertz CT molecular complexity index is 1610. The van der Waals surface area contributed by atoms with Gasteiger partial charge >= 0.3 is 12.0 Å². The summed E-state index contributed by atoms with van der Waals surface area (Å²) in [6, 6.07) is 22.0. The van der Waals surface area contributed by atoms with E-state index < -0.39 is 35.9 Å². The van der Waals surface area contributed by atoms with Crippen molar-refractivity contribution in [3.63, 3.8) is 0 Å². The number of benzene rings is 3. The number of aliphatic carboxylic acids is 1. The van der Waals surface area contributed by atoms with Crippen LogP contribution in [0.3, 0.4) is 0 Å². The number of carbonyl (C=O) groups excluding carboxylic acids is 3. The van der Waals surface area contributed by atoms with E-state index in [9.17, 15) is 19.2 Å². The Morgan fingerprint density at radius 3 is 2.17 bits per heavy atom. The molecular weight excluding hydrogens is 586 g/mol. The number of nitrogens with one attached hydrogen (secondary N) is 1. The lowest BCUT2D eigenvalue weighted by Crippen LogP contribution is -2.54. The molecular formula is C29H20ClN3O6S2. The molecule has 3 aromatic rings. The Labute approximate surface area is 249 Å². The van der Waals surface area contributed by atoms with Crippen molar-refractivity contribution in [2.75, 3.05) is 11.4 Å². The van der Waals surface area contributed by atoms with Crippen LogP contribution in [-0.4, -0.2) is 50.2 Å². The summed E-state index contributed by atoms with van der Waals surface area (Å²) in [6.45, 7) is -0.499. The number of para-hydroxylation sites is 1. The zero-order chi connectivity index (χ0) is 29.1. The number of carbonyl (C=O) groups is 4. The lowest BCUT2D eigenvalue weighted by atomic mass is 10.1. The van der Waals surface area contributed by atoms with Gasteiger partial charge in [-0.25, -0.2) is 9.69 Å². The Morgan fingerprint density at radius 1 is 0.927 bits per heavy atom. The molecule has 3 aromatic carbocycles. The highest BCUT2D eigenvalue weighted by Crippen LogP contribution is 2.33. The number of imide groups is 1. The van der Waals surface area contributed by atoms with Crippen molar-refractivity contribution < 1.29 is 29.0 Å². The number of amides is 4. The molecule has 0 bridgehead atoms. The number of alkyl halides is 1. The van der Waals surface area contributed by atoms with Gasteiger partial charge in [-0.3, -0.25) is 19.3 Å². The molecule has 0 aromatic heterocycles. The maximum Gasteiger partial charge on any atom is 0.330 e. The average Bonchev–Trinajstić information content (AvgIpc) is 3.20. The van der Waals surface area contributed by atoms with Gasteiger partial charge < -0.3 is 15.2 Å². The molecule has 2 saturated heterocycles. The standard InChI is InChI=1S/C29H20ClN3O6S2/c30-25-22(14-17-6-8-18(9-7-17)15-23-27(37)32(16-24(34)35)29(40)41-23)26(36)33(28(38)31-25)19-10-12-21(13-11-19)39-20-4-2-1-3-5-20/h1-15,25H,16H2,(H,31,38)(H,34,35)/b22-14+,23-15-. The minimum absolute atomic E-state index is 0.165. The van der Waals surface area contributed by atoms with Gasteiger partial charge in [0.1, 0.15) is 27.9 Å². The Hall–Kier alpha value is -4.45. The van der Waals surface area contributed by atoms with Gasteiger partial charge in [0, 0.05) is 0 Å². The number of hydrogen-bond donors (Lipinski definition) is 2. The maximum atomic E-state index is 13.4. The third-order valence-electron chi connectivity index (χ3n) is 5.97. The number of thioether (sulfide) groups is 1. The highest BCUT2D eigenvalue weighted by atomic mass is 35.5. The molecule has 0 radical (unpaired) electrons. The summed E-state index contributed by atoms with van der Waals surface area (Å²) in [6.07, 6.45) is 3.19. The normalized spacial score (nSPS) is 19.2. The van der Waals surface area contributed by atoms with Crippen molar-refractivity contribution in [2.24, 2.45) is 0 Å². The van der Waals surface area contributed by atoms with Crippen molar-refractivity contribution in [1.29, 1.82) is 0 Å². The van der Waals surface area contributed by atoms with Crippen LogP contribution in [0.1, 0.15) is 11.1 Å². The summed E-state index contributed by atoms with van der Waals surface area (Å²) >= 11 is 12.5. The predicted molar refractivity (Wildman–Crippen MR) is 161 cm³/mol. The zero-order valence-electron chi connectivity index (χ0n) is 21.0. The van der Waals surface area contributed by atoms with Crippen molar-refractivity contribution in [3.05, 3.63) is 100 Å². The van der Waals surface area contributed by atoms with Crippen LogP contribution >= 0.6 is 35.6 Å². The highest BCUT2D eigenvalue weighted by molar-refractivity contribution is 8.26. The third kappa shape index (κ3) is 6.32. The van der Waals surface area contributed by atoms with Gasteiger partial charge in [-0.15, -0.1) is 0 Å². The second kappa shape index (κ2) is 12.0. The fourth-order valence-electron chi connectivity index (χ4n) is 4.03. The minimum atomic E-state index is -1.15. The third-order valence-corrected chi connectivity index (χ3v) is 7.70. The average molecular weight is 606 g/mol. The zero-order valence-corrected chi connectivity index (χ0v) is 23.4. The molecule has 2 aliphatic rings. The van der Waals surface area contributed by atoms with Crippen LogP contribution in [0.25, 0.3) is 12.2 Å². The first-order valence-electron chi connectivity index (χ1n) is 12.1. The fraction of sp³-hybridized carbons (Fsp3) is 0.0690. The lowest BCUT2D eigenvalue weighted by molar-refractivity contribution is -0.140. The monoisotopic (exact) mass is 605 g/mol. The van der Waals surface area contributed by atoms with Crippen molar-refractivity contribution in [1.82, 2.24) is 10.2 Å². The molecule has 206 valence electrons. The molecule has 1 unspecified atom stereocenters. The molecule has 4 amide bonds. The van der Waals surface area contributed by atoms with Crippen LogP contribution in [0.4, 0.5) is 10.5 Å². The summed E-state index contributed by atoms with van der Waals surface area (Å²) in [5.41, 5.74) is 0.781. The van der Waals surface area contributed by atoms with E-state index in [2.05, 4.69) is 5.32 Å². The van der Waals surface area contributed by atoms with Crippen LogP contribution in [0, 0.1) is 0 Å². The Balaban J connectivity index is 1.32. The highest BCUT2D eigenvalue weighted by Gasteiger charge is 2.37. The molecule has 9 nitrogen and oxygen atoms in total. The summed E-state index contributed by atoms with van der Waals surface area (Å²) < 4.78 is 5.96. The molecule has 2 aliphatic heterocycles. The second-order valence-corrected chi connectivity index (χ2v) is 10.9. The van der Waals surface area contributed by atoms with E-state index in [4.69, 9.17) is 33.7 Å². The van der Waals surface area contributed by atoms with Gasteiger partial charge in [0.05, 0.1) is 16.2 Å². The van der Waals surface area contributed by atoms with Crippen LogP contribution in [0.15, 0.2) is 89.3 Å². The van der Waals surface area contributed by atoms with E-state index in [1.807, 2.05) is 30.3 Å². The van der Waals surface area contributed by atoms with E-state index >= 15 is 0 Å². The molecule has 2 N–H and O–H groups in total. The number of thiocarbonyl (C=S) groups is 1. The summed E-state index contributed by atoms with van der Waals surface area (Å²) in [7, 11) is 0. The molecule has 2 fully saturated rings. The molecule has 0 saturated carbocycles. The van der Waals surface area contributed by atoms with Crippen molar-refractivity contribution in [2.45, 2.75) is 5.50 Å². The molecule has 1 atom stereocenters. The Kier molecular flexibility index (Phi) is 8.20. The SMILES string of the molecule is O=C(O)CN1C(=O)/C(=C/c2ccc(/C=C3/C(=O)N(c4ccc(Oc5ccccc5)cc4)C(=O)NC3Cl)cc2)SC1=S. The molecule has 41 heavy (non-hydrogen) atoms. The topological polar surface area (TPSA) is 116 Å². The first-order valence-corrected chi connectivity index (χ1v) is 13.8. The van der Waals surface area contributed by atoms with Crippen LogP contribution in [-0.2, 0) is 14.4 Å². The number of halogens is 1. The number of anilines is 1. The van der Waals surface area contributed by atoms with Gasteiger partial charge in [-0.1, -0.05) is 78.0 Å². The lowest BCUT2D eigenvalue weighted by Gasteiger charge is -2.30. The largest absolute Gasteiger partial charge is 0.480 e. The Morgan fingerprint density at radius 2 is 1.54 bits per heavy atom. The van der Waals surface area contributed by atoms with E-state index in [-0.39, 0.29) is 9.89 Å². The van der Waals surface area contributed by atoms with Crippen molar-refractivity contribution in [3.8, 4) is 11.5 Å². The molecule has 0 spiro atoms. The second-order valence-electron chi connectivity index (χ2n) is 8.79. The number of carboxylic acids is 1. The van der Waals surface area contributed by atoms with Gasteiger partial charge in [0.2, 0.25) is 0 Å². The van der Waals surface area contributed by atoms with Crippen LogP contribution in [0.2, 0.25) is 0 Å². The van der Waals surface area contributed by atoms with E-state index in [0.29, 0.717) is 33.2 Å². The van der Waals surface area contributed by atoms with Gasteiger partial charge in [-0.2, -0.15) is 0 Å². The van der Waals surface area contributed by atoms with Crippen molar-refractivity contribution >= 4 is 81.6 Å². The molecule has 2 heterocycles. The van der Waals surface area contributed by atoms with E-state index in [1.165, 1.54) is 0 Å². The summed E-state index contributed by atoms with van der Waals surface area (Å²) in [5.74, 6) is -1.00. The predicted octanol–water partition coefficient (Wildman–Crippen LogP) is 5.47. The first-order chi connectivity index (χ1) is 19.7. The molecule has 12 heteroatoms.